The highest BCUT2D eigenvalue weighted by molar-refractivity contribution is 6.00. The Balaban J connectivity index is 3.07. The molecule has 0 saturated heterocycles. The maximum absolute atomic E-state index is 11.5. The average molecular weight is 209 g/mol. The molecule has 0 heterocycles. The van der Waals surface area contributed by atoms with Crippen LogP contribution in [0.15, 0.2) is 18.2 Å². The molecule has 82 valence electrons. The molecule has 2 N–H and O–H groups in total. The van der Waals surface area contributed by atoms with E-state index in [4.69, 9.17) is 15.2 Å². The molecule has 0 aliphatic carbocycles. The van der Waals surface area contributed by atoms with E-state index in [2.05, 4.69) is 0 Å². The molecule has 0 unspecified atom stereocenters. The Morgan fingerprint density at radius 3 is 2.67 bits per heavy atom. The molecule has 0 atom stereocenters. The minimum absolute atomic E-state index is 0.0210. The van der Waals surface area contributed by atoms with Crippen molar-refractivity contribution in [1.82, 2.24) is 0 Å². The number of carbonyl (C=O) groups excluding carboxylic acids is 1. The molecule has 15 heavy (non-hydrogen) atoms. The average Bonchev–Trinajstić information content (AvgIpc) is 2.28. The van der Waals surface area contributed by atoms with Gasteiger partial charge in [0, 0.05) is 7.11 Å². The van der Waals surface area contributed by atoms with Gasteiger partial charge in [0.1, 0.15) is 5.75 Å². The van der Waals surface area contributed by atoms with Crippen LogP contribution in [0.1, 0.15) is 15.9 Å². The fourth-order valence-electron chi connectivity index (χ4n) is 1.34. The fourth-order valence-corrected chi connectivity index (χ4v) is 1.34. The van der Waals surface area contributed by atoms with E-state index in [9.17, 15) is 4.79 Å². The first kappa shape index (κ1) is 11.7. The second kappa shape index (κ2) is 5.48. The van der Waals surface area contributed by atoms with E-state index in [0.717, 1.165) is 5.56 Å². The third-order valence-electron chi connectivity index (χ3n) is 2.06. The summed E-state index contributed by atoms with van der Waals surface area (Å²) >= 11 is 0. The summed E-state index contributed by atoms with van der Waals surface area (Å²) in [6.07, 6.45) is 0. The number of rotatable bonds is 5. The largest absolute Gasteiger partial charge is 0.496 e. The van der Waals surface area contributed by atoms with Gasteiger partial charge in [-0.2, -0.15) is 0 Å². The zero-order valence-corrected chi connectivity index (χ0v) is 8.95. The van der Waals surface area contributed by atoms with Crippen LogP contribution in [-0.2, 0) is 11.3 Å². The van der Waals surface area contributed by atoms with Crippen molar-refractivity contribution in [3.63, 3.8) is 0 Å². The lowest BCUT2D eigenvalue weighted by Crippen LogP contribution is -2.15. The third kappa shape index (κ3) is 2.78. The maximum atomic E-state index is 11.5. The topological polar surface area (TPSA) is 61.5 Å². The normalized spacial score (nSPS) is 10.1. The van der Waals surface area contributed by atoms with Crippen LogP contribution in [0.2, 0.25) is 0 Å². The van der Waals surface area contributed by atoms with Gasteiger partial charge in [0.05, 0.1) is 25.8 Å². The molecule has 0 aliphatic heterocycles. The zero-order chi connectivity index (χ0) is 11.3. The zero-order valence-electron chi connectivity index (χ0n) is 8.95. The van der Waals surface area contributed by atoms with E-state index in [1.807, 2.05) is 6.07 Å². The quantitative estimate of drug-likeness (QED) is 0.734. The van der Waals surface area contributed by atoms with E-state index in [-0.39, 0.29) is 12.3 Å². The number of carbonyl (C=O) groups is 1. The fraction of sp³-hybridized carbons (Fsp3) is 0.364. The number of hydrogen-bond donors (Lipinski definition) is 1. The Labute approximate surface area is 89.0 Å². The van der Waals surface area contributed by atoms with Crippen molar-refractivity contribution in [2.45, 2.75) is 6.61 Å². The van der Waals surface area contributed by atoms with Crippen molar-refractivity contribution < 1.29 is 14.3 Å². The Morgan fingerprint density at radius 1 is 1.40 bits per heavy atom. The third-order valence-corrected chi connectivity index (χ3v) is 2.06. The van der Waals surface area contributed by atoms with Gasteiger partial charge in [-0.25, -0.2) is 0 Å². The minimum Gasteiger partial charge on any atom is -0.496 e. The molecule has 0 amide bonds. The molecule has 1 rings (SSSR count). The molecule has 0 bridgehead atoms. The van der Waals surface area contributed by atoms with Gasteiger partial charge in [0.2, 0.25) is 0 Å². The summed E-state index contributed by atoms with van der Waals surface area (Å²) in [5, 5.41) is 0. The van der Waals surface area contributed by atoms with Crippen molar-refractivity contribution >= 4 is 5.78 Å². The van der Waals surface area contributed by atoms with Crippen molar-refractivity contribution in [3.05, 3.63) is 29.3 Å². The standard InChI is InChI=1S/C11H15NO3/c1-14-7-8-3-4-11(15-2)9(5-8)10(13)6-12/h3-5H,6-7,12H2,1-2H3. The first-order valence-corrected chi connectivity index (χ1v) is 4.62. The molecule has 0 saturated carbocycles. The van der Waals surface area contributed by atoms with Crippen molar-refractivity contribution in [2.75, 3.05) is 20.8 Å². The van der Waals surface area contributed by atoms with Gasteiger partial charge in [-0.05, 0) is 17.7 Å². The summed E-state index contributed by atoms with van der Waals surface area (Å²) < 4.78 is 10.1. The molecule has 0 spiro atoms. The van der Waals surface area contributed by atoms with Crippen LogP contribution >= 0.6 is 0 Å². The number of hydrogen-bond acceptors (Lipinski definition) is 4. The van der Waals surface area contributed by atoms with Crippen LogP contribution in [0, 0.1) is 0 Å². The van der Waals surface area contributed by atoms with E-state index in [1.165, 1.54) is 7.11 Å². The van der Waals surface area contributed by atoms with Gasteiger partial charge in [-0.1, -0.05) is 6.07 Å². The SMILES string of the molecule is COCc1ccc(OC)c(C(=O)CN)c1. The Kier molecular flexibility index (Phi) is 4.27. The first-order chi connectivity index (χ1) is 7.22. The molecule has 0 aromatic heterocycles. The van der Waals surface area contributed by atoms with Gasteiger partial charge in [0.15, 0.2) is 5.78 Å². The first-order valence-electron chi connectivity index (χ1n) is 4.62. The lowest BCUT2D eigenvalue weighted by molar-refractivity contribution is 0.0998. The maximum Gasteiger partial charge on any atom is 0.180 e. The van der Waals surface area contributed by atoms with Gasteiger partial charge in [-0.3, -0.25) is 4.79 Å². The van der Waals surface area contributed by atoms with Crippen LogP contribution in [-0.4, -0.2) is 26.5 Å². The predicted octanol–water partition coefficient (Wildman–Crippen LogP) is 0.983. The number of nitrogens with two attached hydrogens (primary N) is 1. The second-order valence-electron chi connectivity index (χ2n) is 3.09. The molecule has 0 aliphatic rings. The van der Waals surface area contributed by atoms with E-state index in [1.54, 1.807) is 19.2 Å². The lowest BCUT2D eigenvalue weighted by atomic mass is 10.1. The summed E-state index contributed by atoms with van der Waals surface area (Å²) in [6.45, 7) is 0.446. The lowest BCUT2D eigenvalue weighted by Gasteiger charge is -2.08. The number of methoxy groups -OCH3 is 2. The second-order valence-corrected chi connectivity index (χ2v) is 3.09. The van der Waals surface area contributed by atoms with Gasteiger partial charge >= 0.3 is 0 Å². The van der Waals surface area contributed by atoms with Crippen LogP contribution in [0.5, 0.6) is 5.75 Å². The summed E-state index contributed by atoms with van der Waals surface area (Å²) in [6, 6.07) is 5.35. The predicted molar refractivity (Wildman–Crippen MR) is 57.1 cm³/mol. The van der Waals surface area contributed by atoms with Crippen LogP contribution in [0.25, 0.3) is 0 Å². The van der Waals surface area contributed by atoms with Crippen molar-refractivity contribution in [1.29, 1.82) is 0 Å². The summed E-state index contributed by atoms with van der Waals surface area (Å²) in [5.74, 6) is 0.412. The van der Waals surface area contributed by atoms with Crippen LogP contribution < -0.4 is 10.5 Å². The molecule has 0 radical (unpaired) electrons. The van der Waals surface area contributed by atoms with Gasteiger partial charge < -0.3 is 15.2 Å². The Bertz CT molecular complexity index is 350. The van der Waals surface area contributed by atoms with E-state index < -0.39 is 0 Å². The molecule has 1 aromatic rings. The van der Waals surface area contributed by atoms with E-state index in [0.29, 0.717) is 17.9 Å². The van der Waals surface area contributed by atoms with Crippen LogP contribution in [0.4, 0.5) is 0 Å². The number of Topliss-reactive ketones (excluding diaryl/α,β-unsaturated/α-hetero) is 1. The number of ketones is 1. The molecule has 4 nitrogen and oxygen atoms in total. The smallest absolute Gasteiger partial charge is 0.180 e. The molecular formula is C11H15NO3. The summed E-state index contributed by atoms with van der Waals surface area (Å²) in [4.78, 5) is 11.5. The molecule has 0 fully saturated rings. The minimum atomic E-state index is -0.134. The number of benzene rings is 1. The number of ether oxygens (including phenoxy) is 2. The highest BCUT2D eigenvalue weighted by Gasteiger charge is 2.11. The highest BCUT2D eigenvalue weighted by atomic mass is 16.5. The van der Waals surface area contributed by atoms with Crippen molar-refractivity contribution in [3.8, 4) is 5.75 Å². The van der Waals surface area contributed by atoms with Crippen LogP contribution in [0.3, 0.4) is 0 Å². The monoisotopic (exact) mass is 209 g/mol. The highest BCUT2D eigenvalue weighted by Crippen LogP contribution is 2.20. The molecular weight excluding hydrogens is 194 g/mol. The Hall–Kier alpha value is -1.39. The Morgan fingerprint density at radius 2 is 2.13 bits per heavy atom. The molecule has 4 heteroatoms. The van der Waals surface area contributed by atoms with Gasteiger partial charge in [0.25, 0.3) is 0 Å². The van der Waals surface area contributed by atoms with Gasteiger partial charge in [-0.15, -0.1) is 0 Å². The van der Waals surface area contributed by atoms with Crippen molar-refractivity contribution in [2.24, 2.45) is 5.73 Å². The summed E-state index contributed by atoms with van der Waals surface area (Å²) in [5.41, 5.74) is 6.75. The molecule has 1 aromatic carbocycles. The van der Waals surface area contributed by atoms with E-state index >= 15 is 0 Å². The summed E-state index contributed by atoms with van der Waals surface area (Å²) in [7, 11) is 3.13.